The fourth-order valence-corrected chi connectivity index (χ4v) is 3.26. The predicted molar refractivity (Wildman–Crippen MR) is 80.7 cm³/mol. The lowest BCUT2D eigenvalue weighted by Crippen LogP contribution is -2.22. The minimum atomic E-state index is -0.940. The zero-order valence-electron chi connectivity index (χ0n) is 11.7. The van der Waals surface area contributed by atoms with Gasteiger partial charge in [0.25, 0.3) is 0 Å². The van der Waals surface area contributed by atoms with Crippen LogP contribution in [0.5, 0.6) is 11.5 Å². The minimum absolute atomic E-state index is 0.0611. The Bertz CT molecular complexity index is 637. The normalized spacial score (nSPS) is 16.3. The van der Waals surface area contributed by atoms with Crippen LogP contribution in [0.1, 0.15) is 27.0 Å². The van der Waals surface area contributed by atoms with Crippen LogP contribution in [0.25, 0.3) is 0 Å². The highest BCUT2D eigenvalue weighted by Crippen LogP contribution is 2.32. The van der Waals surface area contributed by atoms with E-state index in [1.807, 2.05) is 37.3 Å². The van der Waals surface area contributed by atoms with Gasteiger partial charge >= 0.3 is 5.97 Å². The Labute approximate surface area is 126 Å². The molecule has 4 nitrogen and oxygen atoms in total. The van der Waals surface area contributed by atoms with Gasteiger partial charge in [0.2, 0.25) is 0 Å². The molecule has 0 saturated heterocycles. The standard InChI is InChI=1S/C16H16O4S/c1-2-12-8-14(15(21-12)16(17)18)19-9-11-7-10-5-3-4-6-13(10)20-11/h3-6,8,11H,2,7,9H2,1H3,(H,17,18). The summed E-state index contributed by atoms with van der Waals surface area (Å²) in [5.41, 5.74) is 1.17. The van der Waals surface area contributed by atoms with Crippen LogP contribution >= 0.6 is 11.3 Å². The molecule has 1 atom stereocenters. The first-order valence-electron chi connectivity index (χ1n) is 6.90. The largest absolute Gasteiger partial charge is 0.488 e. The molecule has 3 rings (SSSR count). The summed E-state index contributed by atoms with van der Waals surface area (Å²) in [7, 11) is 0. The minimum Gasteiger partial charge on any atom is -0.488 e. The van der Waals surface area contributed by atoms with Crippen LogP contribution in [0.3, 0.4) is 0 Å². The van der Waals surface area contributed by atoms with Crippen LogP contribution in [-0.2, 0) is 12.8 Å². The van der Waals surface area contributed by atoms with Crippen LogP contribution in [-0.4, -0.2) is 23.8 Å². The Balaban J connectivity index is 1.67. The van der Waals surface area contributed by atoms with Crippen molar-refractivity contribution in [3.05, 3.63) is 45.6 Å². The smallest absolute Gasteiger partial charge is 0.349 e. The van der Waals surface area contributed by atoms with Crippen molar-refractivity contribution in [1.29, 1.82) is 0 Å². The third-order valence-electron chi connectivity index (χ3n) is 3.43. The Morgan fingerprint density at radius 2 is 2.29 bits per heavy atom. The van der Waals surface area contributed by atoms with Gasteiger partial charge in [0.1, 0.15) is 24.2 Å². The summed E-state index contributed by atoms with van der Waals surface area (Å²) in [6, 6.07) is 9.73. The number of carboxylic acids is 1. The highest BCUT2D eigenvalue weighted by molar-refractivity contribution is 7.14. The molecule has 2 heterocycles. The van der Waals surface area contributed by atoms with Gasteiger partial charge in [-0.1, -0.05) is 25.1 Å². The third-order valence-corrected chi connectivity index (χ3v) is 4.68. The van der Waals surface area contributed by atoms with Crippen molar-refractivity contribution in [2.45, 2.75) is 25.9 Å². The second-order valence-electron chi connectivity index (χ2n) is 4.93. The Kier molecular flexibility index (Phi) is 3.84. The maximum Gasteiger partial charge on any atom is 0.349 e. The second-order valence-corrected chi connectivity index (χ2v) is 6.06. The SMILES string of the molecule is CCc1cc(OCC2Cc3ccccc3O2)c(C(=O)O)s1. The zero-order chi connectivity index (χ0) is 14.8. The first-order chi connectivity index (χ1) is 10.2. The van der Waals surface area contributed by atoms with E-state index in [1.54, 1.807) is 0 Å². The number of carbonyl (C=O) groups is 1. The molecule has 0 bridgehead atoms. The average Bonchev–Trinajstić information content (AvgIpc) is 3.08. The third kappa shape index (κ3) is 2.88. The highest BCUT2D eigenvalue weighted by atomic mass is 32.1. The van der Waals surface area contributed by atoms with Crippen LogP contribution in [0.4, 0.5) is 0 Å². The van der Waals surface area contributed by atoms with E-state index in [0.717, 1.165) is 23.5 Å². The number of para-hydroxylation sites is 1. The van der Waals surface area contributed by atoms with E-state index in [0.29, 0.717) is 12.4 Å². The molecule has 110 valence electrons. The Morgan fingerprint density at radius 3 is 3.00 bits per heavy atom. The summed E-state index contributed by atoms with van der Waals surface area (Å²) in [6.07, 6.45) is 1.54. The van der Waals surface area contributed by atoms with E-state index in [-0.39, 0.29) is 11.0 Å². The van der Waals surface area contributed by atoms with Crippen molar-refractivity contribution in [1.82, 2.24) is 0 Å². The van der Waals surface area contributed by atoms with Crippen LogP contribution in [0.15, 0.2) is 30.3 Å². The van der Waals surface area contributed by atoms with Gasteiger partial charge in [0.05, 0.1) is 0 Å². The fraction of sp³-hybridized carbons (Fsp3) is 0.312. The summed E-state index contributed by atoms with van der Waals surface area (Å²) in [5.74, 6) is 0.401. The fourth-order valence-electron chi connectivity index (χ4n) is 2.38. The van der Waals surface area contributed by atoms with Crippen LogP contribution in [0.2, 0.25) is 0 Å². The zero-order valence-corrected chi connectivity index (χ0v) is 12.5. The van der Waals surface area contributed by atoms with Gasteiger partial charge < -0.3 is 14.6 Å². The predicted octanol–water partition coefficient (Wildman–Crippen LogP) is 3.39. The van der Waals surface area contributed by atoms with E-state index in [4.69, 9.17) is 9.47 Å². The first kappa shape index (κ1) is 13.9. The topological polar surface area (TPSA) is 55.8 Å². The lowest BCUT2D eigenvalue weighted by atomic mass is 10.1. The summed E-state index contributed by atoms with van der Waals surface area (Å²) in [4.78, 5) is 12.5. The number of aryl methyl sites for hydroxylation is 1. The maximum atomic E-state index is 11.2. The molecule has 0 aliphatic carbocycles. The molecule has 1 N–H and O–H groups in total. The molecule has 1 aromatic heterocycles. The van der Waals surface area contributed by atoms with Crippen molar-refractivity contribution in [3.63, 3.8) is 0 Å². The number of ether oxygens (including phenoxy) is 2. The van der Waals surface area contributed by atoms with Gasteiger partial charge in [-0.3, -0.25) is 0 Å². The second kappa shape index (κ2) is 5.77. The molecular formula is C16H16O4S. The van der Waals surface area contributed by atoms with Crippen LogP contribution < -0.4 is 9.47 Å². The molecule has 1 aliphatic heterocycles. The van der Waals surface area contributed by atoms with Gasteiger partial charge in [0.15, 0.2) is 4.88 Å². The summed E-state index contributed by atoms with van der Waals surface area (Å²) in [6.45, 7) is 2.35. The number of hydrogen-bond acceptors (Lipinski definition) is 4. The van der Waals surface area contributed by atoms with Gasteiger partial charge in [-0.05, 0) is 24.1 Å². The number of hydrogen-bond donors (Lipinski definition) is 1. The van der Waals surface area contributed by atoms with Crippen molar-refractivity contribution < 1.29 is 19.4 Å². The monoisotopic (exact) mass is 304 g/mol. The van der Waals surface area contributed by atoms with Gasteiger partial charge in [-0.25, -0.2) is 4.79 Å². The molecule has 0 fully saturated rings. The van der Waals surface area contributed by atoms with E-state index in [1.165, 1.54) is 16.9 Å². The Morgan fingerprint density at radius 1 is 1.48 bits per heavy atom. The molecule has 2 aromatic rings. The van der Waals surface area contributed by atoms with Crippen molar-refractivity contribution in [2.24, 2.45) is 0 Å². The summed E-state index contributed by atoms with van der Waals surface area (Å²) < 4.78 is 11.5. The molecule has 0 spiro atoms. The quantitative estimate of drug-likeness (QED) is 0.920. The van der Waals surface area contributed by atoms with Crippen molar-refractivity contribution in [2.75, 3.05) is 6.61 Å². The number of rotatable bonds is 5. The number of aromatic carboxylic acids is 1. The first-order valence-corrected chi connectivity index (χ1v) is 7.72. The molecular weight excluding hydrogens is 288 g/mol. The summed E-state index contributed by atoms with van der Waals surface area (Å²) >= 11 is 1.27. The molecule has 5 heteroatoms. The van der Waals surface area contributed by atoms with E-state index in [9.17, 15) is 9.90 Å². The number of benzene rings is 1. The van der Waals surface area contributed by atoms with Gasteiger partial charge in [-0.15, -0.1) is 11.3 Å². The van der Waals surface area contributed by atoms with Crippen molar-refractivity contribution >= 4 is 17.3 Å². The van der Waals surface area contributed by atoms with Crippen molar-refractivity contribution in [3.8, 4) is 11.5 Å². The van der Waals surface area contributed by atoms with E-state index in [2.05, 4.69) is 0 Å². The molecule has 0 radical (unpaired) electrons. The number of fused-ring (bicyclic) bond motifs is 1. The average molecular weight is 304 g/mol. The summed E-state index contributed by atoms with van der Waals surface area (Å²) in [5, 5.41) is 9.21. The Hall–Kier alpha value is -2.01. The molecule has 1 unspecified atom stereocenters. The van der Waals surface area contributed by atoms with Crippen LogP contribution in [0, 0.1) is 0 Å². The lowest BCUT2D eigenvalue weighted by molar-refractivity contribution is 0.0694. The van der Waals surface area contributed by atoms with Gasteiger partial charge in [-0.2, -0.15) is 0 Å². The molecule has 0 saturated carbocycles. The highest BCUT2D eigenvalue weighted by Gasteiger charge is 2.24. The molecule has 21 heavy (non-hydrogen) atoms. The number of thiophene rings is 1. The molecule has 1 aliphatic rings. The lowest BCUT2D eigenvalue weighted by Gasteiger charge is -2.12. The maximum absolute atomic E-state index is 11.2. The molecule has 0 amide bonds. The van der Waals surface area contributed by atoms with E-state index >= 15 is 0 Å². The van der Waals surface area contributed by atoms with E-state index < -0.39 is 5.97 Å². The molecule has 1 aromatic carbocycles. The van der Waals surface area contributed by atoms with Gasteiger partial charge in [0, 0.05) is 11.3 Å². The number of carboxylic acid groups (broad SMARTS) is 1.